The fourth-order valence-electron chi connectivity index (χ4n) is 3.98. The molecule has 0 aliphatic heterocycles. The van der Waals surface area contributed by atoms with Crippen LogP contribution in [0.1, 0.15) is 43.7 Å². The van der Waals surface area contributed by atoms with Crippen LogP contribution in [0.2, 0.25) is 0 Å². The summed E-state index contributed by atoms with van der Waals surface area (Å²) < 4.78 is 0. The van der Waals surface area contributed by atoms with Crippen molar-refractivity contribution in [3.05, 3.63) is 52.6 Å². The third-order valence-corrected chi connectivity index (χ3v) is 4.95. The Bertz CT molecular complexity index is 559. The SMILES string of the molecule is CCC1=CC2=C(c3ccccc3CCC2)C2CC12. The zero-order chi connectivity index (χ0) is 12.1. The zero-order valence-electron chi connectivity index (χ0n) is 11.1. The lowest BCUT2D eigenvalue weighted by Gasteiger charge is -2.19. The molecule has 1 aromatic carbocycles. The molecule has 0 saturated heterocycles. The Morgan fingerprint density at radius 3 is 2.89 bits per heavy atom. The van der Waals surface area contributed by atoms with E-state index in [0.29, 0.717) is 0 Å². The molecule has 0 radical (unpaired) electrons. The number of hydrogen-bond donors (Lipinski definition) is 0. The van der Waals surface area contributed by atoms with E-state index >= 15 is 0 Å². The van der Waals surface area contributed by atoms with Gasteiger partial charge in [0.05, 0.1) is 0 Å². The van der Waals surface area contributed by atoms with Crippen molar-refractivity contribution in [1.29, 1.82) is 0 Å². The molecule has 0 heteroatoms. The fourth-order valence-corrected chi connectivity index (χ4v) is 3.98. The summed E-state index contributed by atoms with van der Waals surface area (Å²) in [6.45, 7) is 2.32. The number of fused-ring (bicyclic) bond motifs is 4. The second-order valence-corrected chi connectivity index (χ2v) is 5.97. The van der Waals surface area contributed by atoms with Crippen LogP contribution in [0.4, 0.5) is 0 Å². The highest BCUT2D eigenvalue weighted by molar-refractivity contribution is 5.79. The van der Waals surface area contributed by atoms with E-state index in [-0.39, 0.29) is 0 Å². The summed E-state index contributed by atoms with van der Waals surface area (Å²) in [7, 11) is 0. The molecule has 92 valence electrons. The third kappa shape index (κ3) is 1.44. The molecular weight excluding hydrogens is 216 g/mol. The van der Waals surface area contributed by atoms with Crippen molar-refractivity contribution in [2.75, 3.05) is 0 Å². The Kier molecular flexibility index (Phi) is 2.27. The summed E-state index contributed by atoms with van der Waals surface area (Å²) in [5.74, 6) is 1.75. The van der Waals surface area contributed by atoms with Gasteiger partial charge in [-0.1, -0.05) is 42.8 Å². The summed E-state index contributed by atoms with van der Waals surface area (Å²) in [4.78, 5) is 0. The maximum Gasteiger partial charge on any atom is -0.00813 e. The van der Waals surface area contributed by atoms with E-state index in [1.54, 1.807) is 27.8 Å². The minimum absolute atomic E-state index is 0.860. The maximum absolute atomic E-state index is 2.55. The molecule has 3 aliphatic carbocycles. The number of aryl methyl sites for hydroxylation is 1. The lowest BCUT2D eigenvalue weighted by molar-refractivity contribution is 0.809. The molecule has 1 fully saturated rings. The number of rotatable bonds is 1. The molecule has 2 unspecified atom stereocenters. The molecule has 0 bridgehead atoms. The highest BCUT2D eigenvalue weighted by Gasteiger charge is 2.45. The third-order valence-electron chi connectivity index (χ3n) is 4.95. The van der Waals surface area contributed by atoms with Crippen LogP contribution in [0, 0.1) is 11.8 Å². The van der Waals surface area contributed by atoms with Crippen molar-refractivity contribution < 1.29 is 0 Å². The number of allylic oxidation sites excluding steroid dienone is 4. The van der Waals surface area contributed by atoms with Crippen LogP contribution in [-0.4, -0.2) is 0 Å². The molecule has 1 saturated carbocycles. The van der Waals surface area contributed by atoms with Gasteiger partial charge in [0.1, 0.15) is 0 Å². The molecular formula is C18H20. The van der Waals surface area contributed by atoms with E-state index in [9.17, 15) is 0 Å². The van der Waals surface area contributed by atoms with Crippen molar-refractivity contribution in [3.8, 4) is 0 Å². The maximum atomic E-state index is 2.55. The lowest BCUT2D eigenvalue weighted by Crippen LogP contribution is -2.02. The van der Waals surface area contributed by atoms with Crippen molar-refractivity contribution in [3.63, 3.8) is 0 Å². The highest BCUT2D eigenvalue weighted by atomic mass is 14.5. The molecule has 0 aromatic heterocycles. The molecule has 0 spiro atoms. The van der Waals surface area contributed by atoms with Crippen LogP contribution in [0.3, 0.4) is 0 Å². The van der Waals surface area contributed by atoms with Gasteiger partial charge in [0, 0.05) is 0 Å². The smallest absolute Gasteiger partial charge is 0.00813 e. The lowest BCUT2D eigenvalue weighted by atomic mass is 9.86. The van der Waals surface area contributed by atoms with Crippen molar-refractivity contribution in [2.45, 2.75) is 39.0 Å². The fraction of sp³-hybridized carbons (Fsp3) is 0.444. The molecule has 0 amide bonds. The van der Waals surface area contributed by atoms with Crippen molar-refractivity contribution >= 4 is 5.57 Å². The van der Waals surface area contributed by atoms with Crippen molar-refractivity contribution in [2.24, 2.45) is 11.8 Å². The van der Waals surface area contributed by atoms with E-state index in [2.05, 4.69) is 37.3 Å². The molecule has 3 aliphatic rings. The van der Waals surface area contributed by atoms with Crippen LogP contribution < -0.4 is 0 Å². The van der Waals surface area contributed by atoms with Gasteiger partial charge in [-0.3, -0.25) is 0 Å². The van der Waals surface area contributed by atoms with Crippen LogP contribution in [0.25, 0.3) is 5.57 Å². The number of benzene rings is 1. The predicted octanol–water partition coefficient (Wildman–Crippen LogP) is 4.76. The molecule has 0 heterocycles. The molecule has 4 rings (SSSR count). The first kappa shape index (κ1) is 10.6. The first-order valence-corrected chi connectivity index (χ1v) is 7.40. The molecule has 1 aromatic rings. The average Bonchev–Trinajstić information content (AvgIpc) is 3.19. The summed E-state index contributed by atoms with van der Waals surface area (Å²) in [5.41, 5.74) is 8.25. The summed E-state index contributed by atoms with van der Waals surface area (Å²) in [6, 6.07) is 9.11. The summed E-state index contributed by atoms with van der Waals surface area (Å²) in [6.07, 6.45) is 9.07. The van der Waals surface area contributed by atoms with E-state index in [1.165, 1.54) is 32.1 Å². The minimum Gasteiger partial charge on any atom is -0.0665 e. The molecule has 2 atom stereocenters. The Morgan fingerprint density at radius 1 is 1.11 bits per heavy atom. The second-order valence-electron chi connectivity index (χ2n) is 5.97. The van der Waals surface area contributed by atoms with E-state index in [1.807, 2.05) is 0 Å². The zero-order valence-corrected chi connectivity index (χ0v) is 11.1. The highest BCUT2D eigenvalue weighted by Crippen LogP contribution is 2.58. The quantitative estimate of drug-likeness (QED) is 0.659. The molecule has 0 N–H and O–H groups in total. The van der Waals surface area contributed by atoms with Crippen LogP contribution in [-0.2, 0) is 6.42 Å². The van der Waals surface area contributed by atoms with Gasteiger partial charge in [-0.2, -0.15) is 0 Å². The van der Waals surface area contributed by atoms with E-state index in [4.69, 9.17) is 0 Å². The van der Waals surface area contributed by atoms with Gasteiger partial charge in [0.2, 0.25) is 0 Å². The Labute approximate surface area is 109 Å². The Balaban J connectivity index is 1.90. The van der Waals surface area contributed by atoms with Crippen molar-refractivity contribution in [1.82, 2.24) is 0 Å². The van der Waals surface area contributed by atoms with Gasteiger partial charge in [0.15, 0.2) is 0 Å². The first-order chi connectivity index (χ1) is 8.88. The van der Waals surface area contributed by atoms with Gasteiger partial charge in [-0.15, -0.1) is 0 Å². The predicted molar refractivity (Wildman–Crippen MR) is 76.3 cm³/mol. The normalized spacial score (nSPS) is 28.8. The van der Waals surface area contributed by atoms with E-state index < -0.39 is 0 Å². The summed E-state index contributed by atoms with van der Waals surface area (Å²) >= 11 is 0. The van der Waals surface area contributed by atoms with Crippen LogP contribution in [0.15, 0.2) is 41.5 Å². The van der Waals surface area contributed by atoms with Gasteiger partial charge in [-0.25, -0.2) is 0 Å². The first-order valence-electron chi connectivity index (χ1n) is 7.40. The van der Waals surface area contributed by atoms with Gasteiger partial charge in [-0.05, 0) is 66.2 Å². The Hall–Kier alpha value is -1.30. The average molecular weight is 236 g/mol. The van der Waals surface area contributed by atoms with Crippen LogP contribution in [0.5, 0.6) is 0 Å². The Morgan fingerprint density at radius 2 is 2.00 bits per heavy atom. The molecule has 18 heavy (non-hydrogen) atoms. The monoisotopic (exact) mass is 236 g/mol. The largest absolute Gasteiger partial charge is 0.0665 e. The van der Waals surface area contributed by atoms with E-state index in [0.717, 1.165) is 11.8 Å². The molecule has 0 nitrogen and oxygen atoms in total. The van der Waals surface area contributed by atoms with Gasteiger partial charge >= 0.3 is 0 Å². The van der Waals surface area contributed by atoms with Gasteiger partial charge < -0.3 is 0 Å². The second kappa shape index (κ2) is 3.85. The minimum atomic E-state index is 0.860. The summed E-state index contributed by atoms with van der Waals surface area (Å²) in [5, 5.41) is 0. The standard InChI is InChI=1S/C18H20/c1-2-12-10-14-8-5-7-13-6-3-4-9-15(13)18(14)17-11-16(12)17/h3-4,6,9-10,16-17H,2,5,7-8,11H2,1H3. The van der Waals surface area contributed by atoms with Gasteiger partial charge in [0.25, 0.3) is 0 Å². The number of hydrogen-bond acceptors (Lipinski definition) is 0. The van der Waals surface area contributed by atoms with Crippen LogP contribution >= 0.6 is 0 Å². The topological polar surface area (TPSA) is 0 Å².